The van der Waals surface area contributed by atoms with Crippen molar-refractivity contribution < 1.29 is 4.42 Å². The monoisotopic (exact) mass is 685 g/mol. The Morgan fingerprint density at radius 1 is 0.385 bits per heavy atom. The van der Waals surface area contributed by atoms with Crippen molar-refractivity contribution in [1.29, 1.82) is 0 Å². The number of furan rings is 1. The third-order valence-corrected chi connectivity index (χ3v) is 10.1. The molecule has 0 aliphatic carbocycles. The van der Waals surface area contributed by atoms with Crippen molar-refractivity contribution in [2.75, 3.05) is 0 Å². The molecule has 0 saturated carbocycles. The zero-order chi connectivity index (χ0) is 34.6. The Kier molecular flexibility index (Phi) is 7.15. The lowest BCUT2D eigenvalue weighted by molar-refractivity contribution is 0.669. The molecule has 0 radical (unpaired) electrons. The van der Waals surface area contributed by atoms with Crippen LogP contribution in [0, 0.1) is 0 Å². The molecule has 8 aromatic carbocycles. The third kappa shape index (κ3) is 5.20. The van der Waals surface area contributed by atoms with Gasteiger partial charge in [-0.2, -0.15) is 0 Å². The number of hydrogen-bond donors (Lipinski definition) is 0. The number of aromatic nitrogens is 3. The van der Waals surface area contributed by atoms with Crippen molar-refractivity contribution in [3.05, 3.63) is 175 Å². The fourth-order valence-electron chi connectivity index (χ4n) is 7.25. The summed E-state index contributed by atoms with van der Waals surface area (Å²) in [5.74, 6) is 1.83. The molecule has 0 aliphatic heterocycles. The average molecular weight is 686 g/mol. The predicted octanol–water partition coefficient (Wildman–Crippen LogP) is 13.1. The van der Waals surface area contributed by atoms with Crippen molar-refractivity contribution in [1.82, 2.24) is 15.0 Å². The second-order valence-electron chi connectivity index (χ2n) is 13.0. The molecule has 2 aromatic heterocycles. The average Bonchev–Trinajstić information content (AvgIpc) is 3.61. The lowest BCUT2D eigenvalue weighted by atomic mass is 9.97. The number of benzene rings is 8. The van der Waals surface area contributed by atoms with Gasteiger partial charge in [-0.15, -0.1) is 0 Å². The number of rotatable bonds is 5. The van der Waals surface area contributed by atoms with Gasteiger partial charge in [-0.05, 0) is 68.1 Å². The van der Waals surface area contributed by atoms with Gasteiger partial charge in [0.15, 0.2) is 23.1 Å². The van der Waals surface area contributed by atoms with Crippen LogP contribution in [0.25, 0.3) is 99.9 Å². The summed E-state index contributed by atoms with van der Waals surface area (Å²) in [4.78, 5) is 15.3. The van der Waals surface area contributed by atoms with Crippen molar-refractivity contribution in [3.8, 4) is 56.4 Å². The summed E-state index contributed by atoms with van der Waals surface area (Å²) in [7, 11) is 0. The highest BCUT2D eigenvalue weighted by Crippen LogP contribution is 2.40. The number of halogens is 1. The van der Waals surface area contributed by atoms with Crippen molar-refractivity contribution in [3.63, 3.8) is 0 Å². The molecule has 0 spiro atoms. The minimum Gasteiger partial charge on any atom is -0.454 e. The second kappa shape index (κ2) is 12.3. The number of fused-ring (bicyclic) bond motifs is 5. The van der Waals surface area contributed by atoms with Crippen LogP contribution in [0.1, 0.15) is 0 Å². The molecule has 0 aliphatic rings. The van der Waals surface area contributed by atoms with E-state index in [1.165, 1.54) is 21.7 Å². The molecule has 5 heteroatoms. The molecule has 0 amide bonds. The highest BCUT2D eigenvalue weighted by molar-refractivity contribution is 6.36. The van der Waals surface area contributed by atoms with Crippen LogP contribution >= 0.6 is 11.6 Å². The quantitative estimate of drug-likeness (QED) is 0.181. The Labute approximate surface area is 304 Å². The molecule has 0 atom stereocenters. The summed E-state index contributed by atoms with van der Waals surface area (Å²) in [6.45, 7) is 0. The predicted molar refractivity (Wildman–Crippen MR) is 214 cm³/mol. The summed E-state index contributed by atoms with van der Waals surface area (Å²) in [6, 6.07) is 58.5. The SMILES string of the molecule is Clc1cccc2c1oc1cccc(-c3cccc(-c4nc(-c5ccc(-c6cccc7ccccc67)cc5)nc(-c5ccc6ccccc6c5)n4)c3)c12. The third-order valence-electron chi connectivity index (χ3n) is 9.79. The van der Waals surface area contributed by atoms with Gasteiger partial charge < -0.3 is 4.42 Å². The molecular weight excluding hydrogens is 658 g/mol. The van der Waals surface area contributed by atoms with Crippen LogP contribution in [-0.4, -0.2) is 15.0 Å². The number of hydrogen-bond acceptors (Lipinski definition) is 4. The Balaban J connectivity index is 1.12. The van der Waals surface area contributed by atoms with Crippen LogP contribution in [0.5, 0.6) is 0 Å². The summed E-state index contributed by atoms with van der Waals surface area (Å²) in [5, 5.41) is 7.34. The maximum Gasteiger partial charge on any atom is 0.164 e. The number of para-hydroxylation sites is 1. The van der Waals surface area contributed by atoms with Crippen LogP contribution in [0.2, 0.25) is 5.02 Å². The smallest absolute Gasteiger partial charge is 0.164 e. The number of nitrogens with zero attached hydrogens (tertiary/aromatic N) is 3. The van der Waals surface area contributed by atoms with Crippen molar-refractivity contribution >= 4 is 55.1 Å². The Morgan fingerprint density at radius 2 is 0.962 bits per heavy atom. The Bertz CT molecular complexity index is 2980. The van der Waals surface area contributed by atoms with Crippen LogP contribution in [0.3, 0.4) is 0 Å². The Morgan fingerprint density at radius 3 is 1.81 bits per heavy atom. The van der Waals surface area contributed by atoms with E-state index < -0.39 is 0 Å². The van der Waals surface area contributed by atoms with Gasteiger partial charge in [-0.25, -0.2) is 15.0 Å². The second-order valence-corrected chi connectivity index (χ2v) is 13.4. The van der Waals surface area contributed by atoms with Crippen LogP contribution < -0.4 is 0 Å². The van der Waals surface area contributed by atoms with Crippen LogP contribution in [-0.2, 0) is 0 Å². The van der Waals surface area contributed by atoms with Gasteiger partial charge in [0.2, 0.25) is 0 Å². The zero-order valence-electron chi connectivity index (χ0n) is 27.8. The van der Waals surface area contributed by atoms with Gasteiger partial charge in [-0.3, -0.25) is 0 Å². The van der Waals surface area contributed by atoms with E-state index in [-0.39, 0.29) is 0 Å². The van der Waals surface area contributed by atoms with E-state index in [0.29, 0.717) is 28.1 Å². The minimum atomic E-state index is 0.595. The van der Waals surface area contributed by atoms with Crippen LogP contribution in [0.4, 0.5) is 0 Å². The maximum absolute atomic E-state index is 6.54. The highest BCUT2D eigenvalue weighted by Gasteiger charge is 2.17. The van der Waals surface area contributed by atoms with E-state index in [0.717, 1.165) is 55.1 Å². The molecule has 0 fully saturated rings. The summed E-state index contributed by atoms with van der Waals surface area (Å²) < 4.78 is 6.21. The molecule has 0 unspecified atom stereocenters. The first kappa shape index (κ1) is 30.2. The summed E-state index contributed by atoms with van der Waals surface area (Å²) in [5.41, 5.74) is 8.62. The van der Waals surface area contributed by atoms with Gasteiger partial charge in [-0.1, -0.05) is 157 Å². The topological polar surface area (TPSA) is 51.8 Å². The standard InChI is InChI=1S/C47H28ClN3O/c48-41-19-7-18-40-43-39(17-8-20-42(43)52-44(40)41)34-13-5-14-35(28-34)46-49-45(50-47(51-46)36-26-21-29-9-1-2-11-33(29)27-36)32-24-22-31(23-25-32)38-16-6-12-30-10-3-4-15-37(30)38/h1-28H. The summed E-state index contributed by atoms with van der Waals surface area (Å²) in [6.07, 6.45) is 0. The first-order valence-corrected chi connectivity index (χ1v) is 17.6. The minimum absolute atomic E-state index is 0.595. The van der Waals surface area contributed by atoms with Crippen molar-refractivity contribution in [2.45, 2.75) is 0 Å². The van der Waals surface area contributed by atoms with E-state index in [2.05, 4.69) is 146 Å². The molecule has 0 saturated heterocycles. The highest BCUT2D eigenvalue weighted by atomic mass is 35.5. The molecule has 2 heterocycles. The Hall–Kier alpha value is -6.62. The lowest BCUT2D eigenvalue weighted by Gasteiger charge is -2.11. The van der Waals surface area contributed by atoms with E-state index in [1.807, 2.05) is 24.3 Å². The maximum atomic E-state index is 6.54. The molecule has 0 bridgehead atoms. The van der Waals surface area contributed by atoms with E-state index in [9.17, 15) is 0 Å². The largest absolute Gasteiger partial charge is 0.454 e. The van der Waals surface area contributed by atoms with Gasteiger partial charge in [0.25, 0.3) is 0 Å². The lowest BCUT2D eigenvalue weighted by Crippen LogP contribution is -2.00. The van der Waals surface area contributed by atoms with E-state index in [1.54, 1.807) is 0 Å². The van der Waals surface area contributed by atoms with Gasteiger partial charge in [0.05, 0.1) is 5.02 Å². The van der Waals surface area contributed by atoms with E-state index in [4.69, 9.17) is 31.0 Å². The molecular formula is C47H28ClN3O. The molecule has 10 aromatic rings. The van der Waals surface area contributed by atoms with Gasteiger partial charge in [0, 0.05) is 27.5 Å². The zero-order valence-corrected chi connectivity index (χ0v) is 28.5. The molecule has 4 nitrogen and oxygen atoms in total. The first-order chi connectivity index (χ1) is 25.7. The van der Waals surface area contributed by atoms with Gasteiger partial charge >= 0.3 is 0 Å². The molecule has 52 heavy (non-hydrogen) atoms. The molecule has 10 rings (SSSR count). The molecule has 0 N–H and O–H groups in total. The summed E-state index contributed by atoms with van der Waals surface area (Å²) >= 11 is 6.54. The van der Waals surface area contributed by atoms with E-state index >= 15 is 0 Å². The first-order valence-electron chi connectivity index (χ1n) is 17.2. The fraction of sp³-hybridized carbons (Fsp3) is 0. The fourth-order valence-corrected chi connectivity index (χ4v) is 7.46. The van der Waals surface area contributed by atoms with Gasteiger partial charge in [0.1, 0.15) is 5.58 Å². The van der Waals surface area contributed by atoms with Crippen LogP contribution in [0.15, 0.2) is 174 Å². The normalized spacial score (nSPS) is 11.6. The van der Waals surface area contributed by atoms with Crippen molar-refractivity contribution in [2.24, 2.45) is 0 Å². The molecule has 244 valence electrons.